The fourth-order valence-electron chi connectivity index (χ4n) is 7.82. The average Bonchev–Trinajstić information content (AvgIpc) is 4.08. The number of hydrogen-bond donors (Lipinski definition) is 4. The van der Waals surface area contributed by atoms with Gasteiger partial charge in [-0.05, 0) is 86.9 Å². The summed E-state index contributed by atoms with van der Waals surface area (Å²) in [6.45, 7) is 11.4. The maximum Gasteiger partial charge on any atom is 0.408 e. The number of likely N-dealkylation sites (tertiary alicyclic amines) is 1. The highest BCUT2D eigenvalue weighted by Crippen LogP contribution is 2.47. The standard InChI is InChI=1S/C44H54FN7O6S/c1-6-28-25-44(28,40(55)51-59(7-2)33-21-22-33)50-38(53)35-23-32(26-52(35)39(54)37(43(3,4)5)49-42(56)58-31-15-11-12-16-31)57-36-24-34(27-13-9-8-10-14-27)47-41(48-36)46-30-19-17-29(45)18-20-30/h6-10,13-14,17-20,24,28,31-33,35,37H,1,11-12,15-16,21-23,25-26H2,2-5H3,(H,49,56)(H,50,53)(H,51,55)(H,46,47,48)/t28-,32-,35+,37-,44-,59?/m1/s1. The first-order valence-electron chi connectivity index (χ1n) is 20.4. The van der Waals surface area contributed by atoms with Crippen molar-refractivity contribution in [2.24, 2.45) is 11.3 Å². The van der Waals surface area contributed by atoms with Crippen LogP contribution in [-0.2, 0) is 19.1 Å². The Bertz CT molecular complexity index is 2090. The largest absolute Gasteiger partial charge is 0.472 e. The number of amides is 4. The van der Waals surface area contributed by atoms with E-state index in [2.05, 4.69) is 32.2 Å². The van der Waals surface area contributed by atoms with Crippen molar-refractivity contribution in [1.29, 1.82) is 0 Å². The quantitative estimate of drug-likeness (QED) is 0.101. The van der Waals surface area contributed by atoms with Crippen LogP contribution in [0.15, 0.2) is 73.3 Å². The van der Waals surface area contributed by atoms with Gasteiger partial charge in [-0.3, -0.25) is 14.4 Å². The van der Waals surface area contributed by atoms with Crippen LogP contribution < -0.4 is 25.4 Å². The van der Waals surface area contributed by atoms with Crippen molar-refractivity contribution in [3.63, 3.8) is 0 Å². The molecule has 13 nitrogen and oxygen atoms in total. The Morgan fingerprint density at radius 1 is 1.00 bits per heavy atom. The first-order valence-corrected chi connectivity index (χ1v) is 21.8. The number of alkyl carbamates (subject to hydrolysis) is 1. The van der Waals surface area contributed by atoms with Gasteiger partial charge in [0.15, 0.2) is 0 Å². The van der Waals surface area contributed by atoms with Crippen molar-refractivity contribution in [2.75, 3.05) is 11.9 Å². The molecule has 15 heteroatoms. The highest BCUT2D eigenvalue weighted by molar-refractivity contribution is 8.14. The number of ether oxygens (including phenoxy) is 2. The molecule has 7 rings (SSSR count). The number of carbonyl (C=O) groups excluding carboxylic acids is 4. The fourth-order valence-corrected chi connectivity index (χ4v) is 9.53. The molecule has 3 aliphatic carbocycles. The normalized spacial score (nSPS) is 23.8. The molecular formula is C44H54FN7O6S. The van der Waals surface area contributed by atoms with Gasteiger partial charge in [0, 0.05) is 34.9 Å². The van der Waals surface area contributed by atoms with E-state index in [4.69, 9.17) is 14.5 Å². The summed E-state index contributed by atoms with van der Waals surface area (Å²) < 4.78 is 29.1. The van der Waals surface area contributed by atoms with Crippen LogP contribution in [-0.4, -0.2) is 85.7 Å². The predicted molar refractivity (Wildman–Crippen MR) is 226 cm³/mol. The monoisotopic (exact) mass is 827 g/mol. The lowest BCUT2D eigenvalue weighted by atomic mass is 9.85. The van der Waals surface area contributed by atoms with Gasteiger partial charge in [0.25, 0.3) is 5.91 Å². The molecule has 4 amide bonds. The number of nitrogens with zero attached hydrogens (tertiary/aromatic N) is 3. The predicted octanol–water partition coefficient (Wildman–Crippen LogP) is 6.80. The smallest absolute Gasteiger partial charge is 0.408 e. The third-order valence-corrected chi connectivity index (χ3v) is 13.5. The van der Waals surface area contributed by atoms with Gasteiger partial charge in [-0.2, -0.15) is 4.98 Å². The van der Waals surface area contributed by atoms with E-state index in [0.29, 0.717) is 23.1 Å². The third kappa shape index (κ3) is 9.94. The topological polar surface area (TPSA) is 164 Å². The molecule has 2 aromatic carbocycles. The Morgan fingerprint density at radius 3 is 2.34 bits per heavy atom. The van der Waals surface area contributed by atoms with Gasteiger partial charge < -0.3 is 35.0 Å². The lowest BCUT2D eigenvalue weighted by molar-refractivity contribution is -0.143. The third-order valence-electron chi connectivity index (χ3n) is 11.4. The van der Waals surface area contributed by atoms with Crippen LogP contribution in [0, 0.1) is 17.2 Å². The molecule has 1 aliphatic heterocycles. The van der Waals surface area contributed by atoms with Crippen LogP contribution in [0.2, 0.25) is 0 Å². The van der Waals surface area contributed by atoms with Crippen molar-refractivity contribution in [3.8, 4) is 17.1 Å². The second-order valence-electron chi connectivity index (χ2n) is 16.9. The van der Waals surface area contributed by atoms with Crippen LogP contribution in [0.4, 0.5) is 20.8 Å². The highest BCUT2D eigenvalue weighted by Gasteiger charge is 2.61. The van der Waals surface area contributed by atoms with Gasteiger partial charge >= 0.3 is 6.09 Å². The number of anilines is 2. The Kier molecular flexibility index (Phi) is 12.4. The summed E-state index contributed by atoms with van der Waals surface area (Å²) in [6, 6.07) is 14.8. The maximum absolute atomic E-state index is 14.8. The molecule has 6 atom stereocenters. The van der Waals surface area contributed by atoms with E-state index in [9.17, 15) is 23.6 Å². The second kappa shape index (κ2) is 17.5. The molecule has 0 spiro atoms. The van der Waals surface area contributed by atoms with E-state index in [1.807, 2.05) is 63.4 Å². The van der Waals surface area contributed by atoms with Crippen molar-refractivity contribution in [1.82, 2.24) is 30.2 Å². The summed E-state index contributed by atoms with van der Waals surface area (Å²) >= 11 is 0. The van der Waals surface area contributed by atoms with Gasteiger partial charge in [0.05, 0.1) is 12.2 Å². The summed E-state index contributed by atoms with van der Waals surface area (Å²) in [5.41, 5.74) is -0.0857. The molecule has 4 aliphatic rings. The molecule has 3 saturated carbocycles. The minimum atomic E-state index is -1.21. The number of aromatic nitrogens is 2. The number of benzene rings is 2. The Morgan fingerprint density at radius 2 is 1.71 bits per heavy atom. The number of nitrogens with one attached hydrogen (secondary N) is 4. The number of halogens is 1. The molecular weight excluding hydrogens is 774 g/mol. The van der Waals surface area contributed by atoms with Crippen molar-refractivity contribution < 1.29 is 33.0 Å². The van der Waals surface area contributed by atoms with E-state index in [0.717, 1.165) is 44.1 Å². The molecule has 0 radical (unpaired) electrons. The van der Waals surface area contributed by atoms with Gasteiger partial charge in [0.2, 0.25) is 23.6 Å². The minimum absolute atomic E-state index is 0.0196. The minimum Gasteiger partial charge on any atom is -0.472 e. The highest BCUT2D eigenvalue weighted by atomic mass is 32.2. The lowest BCUT2D eigenvalue weighted by Gasteiger charge is -2.35. The van der Waals surface area contributed by atoms with Crippen LogP contribution in [0.5, 0.6) is 5.88 Å². The Balaban J connectivity index is 1.17. The summed E-state index contributed by atoms with van der Waals surface area (Å²) in [5, 5.41) is 11.4. The van der Waals surface area contributed by atoms with Crippen LogP contribution in [0.1, 0.15) is 79.1 Å². The lowest BCUT2D eigenvalue weighted by Crippen LogP contribution is -2.59. The summed E-state index contributed by atoms with van der Waals surface area (Å²) in [4.78, 5) is 67.2. The number of carbonyl (C=O) groups is 4. The fraction of sp³-hybridized carbons (Fsp3) is 0.477. The zero-order valence-electron chi connectivity index (χ0n) is 34.0. The molecule has 314 valence electrons. The molecule has 1 unspecified atom stereocenters. The van der Waals surface area contributed by atoms with E-state index < -0.39 is 57.7 Å². The second-order valence-corrected chi connectivity index (χ2v) is 19.0. The molecule has 1 saturated heterocycles. The van der Waals surface area contributed by atoms with E-state index in [1.54, 1.807) is 24.3 Å². The summed E-state index contributed by atoms with van der Waals surface area (Å²) in [6.07, 6.45) is 6.06. The summed E-state index contributed by atoms with van der Waals surface area (Å²) in [5.74, 6) is -1.57. The van der Waals surface area contributed by atoms with Crippen molar-refractivity contribution in [2.45, 2.75) is 114 Å². The van der Waals surface area contributed by atoms with Crippen molar-refractivity contribution >= 4 is 51.5 Å². The molecule has 4 N–H and O–H groups in total. The van der Waals surface area contributed by atoms with Gasteiger partial charge in [-0.15, -0.1) is 6.58 Å². The van der Waals surface area contributed by atoms with E-state index in [1.165, 1.54) is 17.0 Å². The number of hydrogen-bond acceptors (Lipinski definition) is 9. The average molecular weight is 828 g/mol. The van der Waals surface area contributed by atoms with Crippen molar-refractivity contribution in [3.05, 3.63) is 79.1 Å². The molecule has 2 heterocycles. The first-order chi connectivity index (χ1) is 28.3. The van der Waals surface area contributed by atoms with Crippen LogP contribution in [0.3, 0.4) is 0 Å². The molecule has 1 aromatic heterocycles. The first kappa shape index (κ1) is 41.8. The molecule has 0 bridgehead atoms. The zero-order valence-corrected chi connectivity index (χ0v) is 34.9. The Hall–Kier alpha value is -5.31. The van der Waals surface area contributed by atoms with Gasteiger partial charge in [-0.1, -0.05) is 67.8 Å². The van der Waals surface area contributed by atoms with Crippen LogP contribution in [0.25, 0.3) is 11.3 Å². The van der Waals surface area contributed by atoms with E-state index in [-0.39, 0.29) is 48.5 Å². The molecule has 59 heavy (non-hydrogen) atoms. The molecule has 3 aromatic rings. The number of rotatable bonds is 14. The Labute approximate surface area is 347 Å². The van der Waals surface area contributed by atoms with Gasteiger partial charge in [0.1, 0.15) is 35.6 Å². The molecule has 4 fully saturated rings. The maximum atomic E-state index is 14.8. The SMILES string of the molecule is C=C[C@@H]1C[C@]1(NC(=O)[C@@H]1C[C@@H](Oc2cc(-c3ccccc3)nc(Nc3ccc(F)cc3)n2)CN1C(=O)[C@@H](NC(=O)OC1CCCC1)C(C)(C)C)C(=O)N/S(=C/C)C1CC1. The van der Waals surface area contributed by atoms with E-state index >= 15 is 0 Å². The summed E-state index contributed by atoms with van der Waals surface area (Å²) in [7, 11) is -0.422. The van der Waals surface area contributed by atoms with Gasteiger partial charge in [-0.25, -0.2) is 14.2 Å². The zero-order chi connectivity index (χ0) is 41.9. The van der Waals surface area contributed by atoms with Crippen LogP contribution >= 0.6 is 10.7 Å².